The zero-order chi connectivity index (χ0) is 13.3. The number of halogens is 1. The Hall–Kier alpha value is -2.44. The molecule has 3 N–H and O–H groups in total. The van der Waals surface area contributed by atoms with Crippen LogP contribution in [0.2, 0.25) is 0 Å². The third-order valence-electron chi connectivity index (χ3n) is 2.40. The number of aromatic nitrogens is 3. The van der Waals surface area contributed by atoms with E-state index < -0.39 is 11.7 Å². The lowest BCUT2D eigenvalue weighted by molar-refractivity contribution is 0.102. The summed E-state index contributed by atoms with van der Waals surface area (Å²) in [5.41, 5.74) is 5.90. The molecular formula is C11H12FN5O. The van der Waals surface area contributed by atoms with Crippen LogP contribution in [0.4, 0.5) is 16.0 Å². The summed E-state index contributed by atoms with van der Waals surface area (Å²) < 4.78 is 15.1. The highest BCUT2D eigenvalue weighted by atomic mass is 19.1. The summed E-state index contributed by atoms with van der Waals surface area (Å²) in [6.07, 6.45) is 1.28. The lowest BCUT2D eigenvalue weighted by atomic mass is 10.2. The third-order valence-corrected chi connectivity index (χ3v) is 2.40. The number of rotatable bonds is 2. The molecule has 0 aliphatic carbocycles. The number of nitrogens with zero attached hydrogens (tertiary/aromatic N) is 3. The van der Waals surface area contributed by atoms with Crippen molar-refractivity contribution in [2.45, 2.75) is 6.92 Å². The van der Waals surface area contributed by atoms with Gasteiger partial charge in [-0.25, -0.2) is 9.37 Å². The van der Waals surface area contributed by atoms with Crippen LogP contribution in [0.15, 0.2) is 18.3 Å². The fourth-order valence-electron chi connectivity index (χ4n) is 1.55. The van der Waals surface area contributed by atoms with Gasteiger partial charge >= 0.3 is 0 Å². The fourth-order valence-corrected chi connectivity index (χ4v) is 1.55. The van der Waals surface area contributed by atoms with Crippen molar-refractivity contribution in [3.05, 3.63) is 35.4 Å². The van der Waals surface area contributed by atoms with Crippen molar-refractivity contribution in [1.29, 1.82) is 0 Å². The Morgan fingerprint density at radius 3 is 2.89 bits per heavy atom. The topological polar surface area (TPSA) is 85.8 Å². The molecule has 94 valence electrons. The van der Waals surface area contributed by atoms with E-state index >= 15 is 0 Å². The van der Waals surface area contributed by atoms with E-state index in [-0.39, 0.29) is 11.4 Å². The second kappa shape index (κ2) is 4.44. The Kier molecular flexibility index (Phi) is 2.97. The number of nitrogen functional groups attached to an aromatic ring is 1. The quantitative estimate of drug-likeness (QED) is 0.834. The van der Waals surface area contributed by atoms with Gasteiger partial charge in [-0.1, -0.05) is 0 Å². The molecule has 2 heterocycles. The Morgan fingerprint density at radius 2 is 2.28 bits per heavy atom. The summed E-state index contributed by atoms with van der Waals surface area (Å²) in [5, 5.41) is 6.62. The minimum atomic E-state index is -0.825. The van der Waals surface area contributed by atoms with Gasteiger partial charge in [0.05, 0.1) is 11.3 Å². The normalized spacial score (nSPS) is 10.4. The average Bonchev–Trinajstić information content (AvgIpc) is 2.61. The number of hydrogen-bond acceptors (Lipinski definition) is 4. The first kappa shape index (κ1) is 12.0. The summed E-state index contributed by atoms with van der Waals surface area (Å²) in [6.45, 7) is 1.79. The molecular weight excluding hydrogens is 237 g/mol. The first-order valence-electron chi connectivity index (χ1n) is 5.21. The second-order valence-electron chi connectivity index (χ2n) is 3.81. The molecule has 0 radical (unpaired) electrons. The molecule has 2 aromatic heterocycles. The molecule has 0 fully saturated rings. The molecule has 0 bridgehead atoms. The van der Waals surface area contributed by atoms with Crippen LogP contribution in [-0.2, 0) is 7.05 Å². The number of pyridine rings is 1. The van der Waals surface area contributed by atoms with Crippen molar-refractivity contribution in [3.63, 3.8) is 0 Å². The van der Waals surface area contributed by atoms with Crippen LogP contribution in [0, 0.1) is 12.7 Å². The maximum absolute atomic E-state index is 13.6. The van der Waals surface area contributed by atoms with E-state index in [1.54, 1.807) is 20.0 Å². The van der Waals surface area contributed by atoms with Gasteiger partial charge in [-0.05, 0) is 13.0 Å². The number of aryl methyl sites for hydroxylation is 2. The number of amides is 1. The minimum absolute atomic E-state index is 0.152. The van der Waals surface area contributed by atoms with Crippen LogP contribution >= 0.6 is 0 Å². The van der Waals surface area contributed by atoms with Crippen LogP contribution in [-0.4, -0.2) is 20.7 Å². The lowest BCUT2D eigenvalue weighted by Crippen LogP contribution is -2.17. The molecule has 0 spiro atoms. The first-order valence-corrected chi connectivity index (χ1v) is 5.21. The van der Waals surface area contributed by atoms with Crippen LogP contribution in [0.3, 0.4) is 0 Å². The van der Waals surface area contributed by atoms with Crippen molar-refractivity contribution >= 4 is 17.5 Å². The molecule has 0 saturated carbocycles. The van der Waals surface area contributed by atoms with Gasteiger partial charge in [-0.15, -0.1) is 0 Å². The van der Waals surface area contributed by atoms with Crippen molar-refractivity contribution in [3.8, 4) is 0 Å². The zero-order valence-corrected chi connectivity index (χ0v) is 9.94. The maximum atomic E-state index is 13.6. The predicted octanol–water partition coefficient (Wildman–Crippen LogP) is 1.10. The van der Waals surface area contributed by atoms with E-state index in [0.717, 1.165) is 5.69 Å². The Balaban J connectivity index is 2.27. The SMILES string of the molecule is Cc1cc(NC(=O)c2ccnc(N)c2F)n(C)n1. The van der Waals surface area contributed by atoms with Crippen LogP contribution in [0.25, 0.3) is 0 Å². The van der Waals surface area contributed by atoms with Gasteiger partial charge in [-0.2, -0.15) is 5.10 Å². The van der Waals surface area contributed by atoms with Crippen LogP contribution in [0.1, 0.15) is 16.1 Å². The largest absolute Gasteiger partial charge is 0.381 e. The molecule has 18 heavy (non-hydrogen) atoms. The minimum Gasteiger partial charge on any atom is -0.381 e. The molecule has 0 aromatic carbocycles. The number of hydrogen-bond donors (Lipinski definition) is 2. The lowest BCUT2D eigenvalue weighted by Gasteiger charge is -2.06. The van der Waals surface area contributed by atoms with Crippen LogP contribution in [0.5, 0.6) is 0 Å². The van der Waals surface area contributed by atoms with Crippen molar-refractivity contribution < 1.29 is 9.18 Å². The van der Waals surface area contributed by atoms with Crippen molar-refractivity contribution in [2.24, 2.45) is 7.05 Å². The van der Waals surface area contributed by atoms with Gasteiger partial charge in [0.15, 0.2) is 11.6 Å². The molecule has 0 aliphatic heterocycles. The van der Waals surface area contributed by atoms with E-state index in [9.17, 15) is 9.18 Å². The maximum Gasteiger partial charge on any atom is 0.259 e. The number of carbonyl (C=O) groups excluding carboxylic acids is 1. The molecule has 6 nitrogen and oxygen atoms in total. The summed E-state index contributed by atoms with van der Waals surface area (Å²) in [5.74, 6) is -1.24. The van der Waals surface area contributed by atoms with E-state index in [4.69, 9.17) is 5.73 Å². The van der Waals surface area contributed by atoms with Gasteiger partial charge in [-0.3, -0.25) is 9.48 Å². The summed E-state index contributed by atoms with van der Waals surface area (Å²) in [6, 6.07) is 2.95. The van der Waals surface area contributed by atoms with Gasteiger partial charge in [0, 0.05) is 19.3 Å². The monoisotopic (exact) mass is 249 g/mol. The van der Waals surface area contributed by atoms with Gasteiger partial charge in [0.1, 0.15) is 5.82 Å². The molecule has 7 heteroatoms. The Labute approximate surface area is 103 Å². The molecule has 2 rings (SSSR count). The zero-order valence-electron chi connectivity index (χ0n) is 9.94. The highest BCUT2D eigenvalue weighted by Crippen LogP contribution is 2.15. The molecule has 1 amide bonds. The van der Waals surface area contributed by atoms with Crippen molar-refractivity contribution in [1.82, 2.24) is 14.8 Å². The standard InChI is InChI=1S/C11H12FN5O/c1-6-5-8(17(2)16-6)15-11(18)7-3-4-14-10(13)9(7)12/h3-5H,1-2H3,(H2,13,14)(H,15,18). The van der Waals surface area contributed by atoms with Gasteiger partial charge in [0.2, 0.25) is 0 Å². The number of nitrogens with two attached hydrogens (primary N) is 1. The van der Waals surface area contributed by atoms with Crippen molar-refractivity contribution in [2.75, 3.05) is 11.1 Å². The highest BCUT2D eigenvalue weighted by molar-refractivity contribution is 6.04. The third kappa shape index (κ3) is 2.15. The number of carbonyl (C=O) groups is 1. The Morgan fingerprint density at radius 1 is 1.56 bits per heavy atom. The van der Waals surface area contributed by atoms with E-state index in [1.807, 2.05) is 0 Å². The molecule has 0 unspecified atom stereocenters. The smallest absolute Gasteiger partial charge is 0.259 e. The Bertz CT molecular complexity index is 607. The van der Waals surface area contributed by atoms with Gasteiger partial charge in [0.25, 0.3) is 5.91 Å². The average molecular weight is 249 g/mol. The highest BCUT2D eigenvalue weighted by Gasteiger charge is 2.16. The predicted molar refractivity (Wildman–Crippen MR) is 64.5 cm³/mol. The number of anilines is 2. The summed E-state index contributed by atoms with van der Waals surface area (Å²) >= 11 is 0. The second-order valence-corrected chi connectivity index (χ2v) is 3.81. The summed E-state index contributed by atoms with van der Waals surface area (Å²) in [4.78, 5) is 15.4. The molecule has 0 atom stereocenters. The fraction of sp³-hybridized carbons (Fsp3) is 0.182. The van der Waals surface area contributed by atoms with E-state index in [0.29, 0.717) is 5.82 Å². The summed E-state index contributed by atoms with van der Waals surface area (Å²) in [7, 11) is 1.68. The first-order chi connectivity index (χ1) is 8.49. The molecule has 0 aliphatic rings. The van der Waals surface area contributed by atoms with Gasteiger partial charge < -0.3 is 11.1 Å². The van der Waals surface area contributed by atoms with E-state index in [2.05, 4.69) is 15.4 Å². The molecule has 2 aromatic rings. The van der Waals surface area contributed by atoms with E-state index in [1.165, 1.54) is 16.9 Å². The van der Waals surface area contributed by atoms with Crippen LogP contribution < -0.4 is 11.1 Å². The number of nitrogens with one attached hydrogen (secondary N) is 1. The molecule has 0 saturated heterocycles.